The molecule has 0 bridgehead atoms. The van der Waals surface area contributed by atoms with Crippen LogP contribution in [-0.4, -0.2) is 23.6 Å². The van der Waals surface area contributed by atoms with Crippen molar-refractivity contribution in [2.24, 2.45) is 5.73 Å². The summed E-state index contributed by atoms with van der Waals surface area (Å²) in [4.78, 5) is 15.8. The van der Waals surface area contributed by atoms with Gasteiger partial charge < -0.3 is 10.5 Å². The number of hydrogen-bond donors (Lipinski definition) is 1. The first kappa shape index (κ1) is 15.6. The van der Waals surface area contributed by atoms with Crippen LogP contribution in [0.25, 0.3) is 0 Å². The van der Waals surface area contributed by atoms with Crippen molar-refractivity contribution in [3.8, 4) is 0 Å². The van der Waals surface area contributed by atoms with E-state index in [0.29, 0.717) is 0 Å². The van der Waals surface area contributed by atoms with Crippen LogP contribution in [0.2, 0.25) is 0 Å². The van der Waals surface area contributed by atoms with Crippen LogP contribution in [0.4, 0.5) is 0 Å². The highest BCUT2D eigenvalue weighted by Gasteiger charge is 2.32. The molecule has 1 aromatic rings. The van der Waals surface area contributed by atoms with Crippen LogP contribution in [0.5, 0.6) is 0 Å². The van der Waals surface area contributed by atoms with E-state index >= 15 is 0 Å². The lowest BCUT2D eigenvalue weighted by Crippen LogP contribution is -2.41. The number of rotatable bonds is 4. The minimum Gasteiger partial charge on any atom is -0.469 e. The summed E-state index contributed by atoms with van der Waals surface area (Å²) in [5.74, 6) is -0.512. The molecule has 0 spiro atoms. The van der Waals surface area contributed by atoms with Crippen molar-refractivity contribution in [2.45, 2.75) is 31.7 Å². The first-order valence-corrected chi connectivity index (χ1v) is 7.01. The van der Waals surface area contributed by atoms with Crippen LogP contribution in [-0.2, 0) is 9.53 Å². The van der Waals surface area contributed by atoms with Crippen molar-refractivity contribution in [3.63, 3.8) is 0 Å². The van der Waals surface area contributed by atoms with Crippen molar-refractivity contribution in [1.29, 1.82) is 0 Å². The first-order valence-electron chi connectivity index (χ1n) is 5.42. The van der Waals surface area contributed by atoms with Crippen molar-refractivity contribution in [1.82, 2.24) is 4.98 Å². The molecular weight excluding hydrogens is 364 g/mol. The zero-order valence-electron chi connectivity index (χ0n) is 10.5. The fourth-order valence-electron chi connectivity index (χ4n) is 1.64. The Morgan fingerprint density at radius 2 is 2.17 bits per heavy atom. The van der Waals surface area contributed by atoms with Crippen molar-refractivity contribution in [2.75, 3.05) is 7.11 Å². The number of carbonyl (C=O) groups is 1. The summed E-state index contributed by atoms with van der Waals surface area (Å²) >= 11 is 6.80. The van der Waals surface area contributed by atoms with E-state index in [1.54, 1.807) is 6.20 Å². The molecule has 1 heterocycles. The predicted molar refractivity (Wildman–Crippen MR) is 77.3 cm³/mol. The van der Waals surface area contributed by atoms with Gasteiger partial charge in [-0.15, -0.1) is 0 Å². The molecule has 0 saturated heterocycles. The third kappa shape index (κ3) is 4.03. The van der Waals surface area contributed by atoms with Crippen LogP contribution in [0, 0.1) is 0 Å². The third-order valence-electron chi connectivity index (χ3n) is 2.66. The second-order valence-corrected chi connectivity index (χ2v) is 6.44. The Morgan fingerprint density at radius 1 is 1.56 bits per heavy atom. The van der Waals surface area contributed by atoms with Gasteiger partial charge in [-0.1, -0.05) is 0 Å². The smallest absolute Gasteiger partial charge is 0.306 e. The summed E-state index contributed by atoms with van der Waals surface area (Å²) in [7, 11) is 1.37. The van der Waals surface area contributed by atoms with Crippen LogP contribution in [0.15, 0.2) is 21.2 Å². The number of aromatic nitrogens is 1. The number of hydrogen-bond acceptors (Lipinski definition) is 4. The molecule has 6 heteroatoms. The number of ether oxygens (including phenoxy) is 1. The number of nitrogens with two attached hydrogens (primary N) is 1. The van der Waals surface area contributed by atoms with Gasteiger partial charge in [0.2, 0.25) is 0 Å². The molecule has 0 aliphatic heterocycles. The van der Waals surface area contributed by atoms with Gasteiger partial charge in [-0.3, -0.25) is 9.78 Å². The van der Waals surface area contributed by atoms with E-state index < -0.39 is 5.54 Å². The Hall–Kier alpha value is -0.460. The lowest BCUT2D eigenvalue weighted by molar-refractivity contribution is -0.141. The normalized spacial score (nSPS) is 13.2. The molecule has 0 saturated carbocycles. The molecule has 0 radical (unpaired) electrons. The van der Waals surface area contributed by atoms with Gasteiger partial charge in [0.05, 0.1) is 19.2 Å². The molecule has 0 amide bonds. The highest BCUT2D eigenvalue weighted by atomic mass is 79.9. The summed E-state index contributed by atoms with van der Waals surface area (Å²) < 4.78 is 6.40. The molecule has 1 aromatic heterocycles. The Labute approximate surface area is 124 Å². The van der Waals surface area contributed by atoms with Gasteiger partial charge in [0.1, 0.15) is 0 Å². The van der Waals surface area contributed by atoms with Crippen molar-refractivity contribution >= 4 is 37.8 Å². The van der Waals surface area contributed by atoms with E-state index in [1.165, 1.54) is 7.11 Å². The Bertz CT molecular complexity index is 444. The molecule has 0 fully saturated rings. The van der Waals surface area contributed by atoms with Crippen LogP contribution in [0.1, 0.15) is 31.9 Å². The molecule has 0 aromatic carbocycles. The summed E-state index contributed by atoms with van der Waals surface area (Å²) in [6, 6.07) is 1.89. The average Bonchev–Trinajstić information content (AvgIpc) is 2.25. The summed E-state index contributed by atoms with van der Waals surface area (Å²) in [5.41, 5.74) is 6.33. The SMILES string of the molecule is COC(=O)CC(c1ncc(Br)cc1Br)C(C)(C)N. The molecule has 1 atom stereocenters. The Morgan fingerprint density at radius 3 is 2.61 bits per heavy atom. The molecule has 2 N–H and O–H groups in total. The minimum absolute atomic E-state index is 0.202. The van der Waals surface area contributed by atoms with E-state index in [4.69, 9.17) is 10.5 Å². The maximum Gasteiger partial charge on any atom is 0.306 e. The number of pyridine rings is 1. The van der Waals surface area contributed by atoms with E-state index in [9.17, 15) is 4.79 Å². The molecule has 4 nitrogen and oxygen atoms in total. The molecule has 0 aliphatic rings. The molecule has 0 aliphatic carbocycles. The maximum atomic E-state index is 11.5. The van der Waals surface area contributed by atoms with E-state index in [-0.39, 0.29) is 18.3 Å². The summed E-state index contributed by atoms with van der Waals surface area (Å²) in [5, 5.41) is 0. The summed E-state index contributed by atoms with van der Waals surface area (Å²) in [6.45, 7) is 3.74. The minimum atomic E-state index is -0.572. The highest BCUT2D eigenvalue weighted by Crippen LogP contribution is 2.34. The van der Waals surface area contributed by atoms with E-state index in [1.807, 2.05) is 19.9 Å². The Kier molecular flexibility index (Phi) is 5.31. The number of halogens is 2. The first-order chi connectivity index (χ1) is 8.25. The molecule has 1 unspecified atom stereocenters. The topological polar surface area (TPSA) is 65.2 Å². The van der Waals surface area contributed by atoms with Gasteiger partial charge >= 0.3 is 5.97 Å². The van der Waals surface area contributed by atoms with Gasteiger partial charge in [-0.05, 0) is 51.8 Å². The van der Waals surface area contributed by atoms with Crippen LogP contribution < -0.4 is 5.73 Å². The molecule has 100 valence electrons. The molecule has 18 heavy (non-hydrogen) atoms. The van der Waals surface area contributed by atoms with E-state index in [0.717, 1.165) is 14.6 Å². The van der Waals surface area contributed by atoms with Gasteiger partial charge in [-0.25, -0.2) is 0 Å². The number of nitrogens with zero attached hydrogens (tertiary/aromatic N) is 1. The van der Waals surface area contributed by atoms with E-state index in [2.05, 4.69) is 36.8 Å². The number of carbonyl (C=O) groups excluding carboxylic acids is 1. The quantitative estimate of drug-likeness (QED) is 0.816. The lowest BCUT2D eigenvalue weighted by Gasteiger charge is -2.30. The molecular formula is C12H16Br2N2O2. The zero-order chi connectivity index (χ0) is 13.9. The monoisotopic (exact) mass is 378 g/mol. The van der Waals surface area contributed by atoms with Crippen molar-refractivity contribution in [3.05, 3.63) is 26.9 Å². The highest BCUT2D eigenvalue weighted by molar-refractivity contribution is 9.11. The van der Waals surface area contributed by atoms with Gasteiger partial charge in [0.15, 0.2) is 0 Å². The fraction of sp³-hybridized carbons (Fsp3) is 0.500. The Balaban J connectivity index is 3.14. The van der Waals surface area contributed by atoms with Crippen LogP contribution >= 0.6 is 31.9 Å². The zero-order valence-corrected chi connectivity index (χ0v) is 13.7. The third-order valence-corrected chi connectivity index (χ3v) is 3.73. The number of methoxy groups -OCH3 is 1. The predicted octanol–water partition coefficient (Wildman–Crippen LogP) is 2.99. The average molecular weight is 380 g/mol. The fourth-order valence-corrected chi connectivity index (χ4v) is 2.91. The van der Waals surface area contributed by atoms with Crippen LogP contribution in [0.3, 0.4) is 0 Å². The standard InChI is InChI=1S/C12H16Br2N2O2/c1-12(2,15)8(5-10(17)18-3)11-9(14)4-7(13)6-16-11/h4,6,8H,5,15H2,1-3H3. The second kappa shape index (κ2) is 6.12. The largest absolute Gasteiger partial charge is 0.469 e. The van der Waals surface area contributed by atoms with Gasteiger partial charge in [0, 0.05) is 26.6 Å². The van der Waals surface area contributed by atoms with Crippen molar-refractivity contribution < 1.29 is 9.53 Å². The second-order valence-electron chi connectivity index (χ2n) is 4.67. The van der Waals surface area contributed by atoms with Gasteiger partial charge in [0.25, 0.3) is 0 Å². The summed E-state index contributed by atoms with van der Waals surface area (Å²) in [6.07, 6.45) is 1.89. The number of esters is 1. The lowest BCUT2D eigenvalue weighted by atomic mass is 9.83. The van der Waals surface area contributed by atoms with Gasteiger partial charge in [-0.2, -0.15) is 0 Å². The molecule has 1 rings (SSSR count). The maximum absolute atomic E-state index is 11.5.